The number of carbonyl (C=O) groups is 2. The summed E-state index contributed by atoms with van der Waals surface area (Å²) >= 11 is 0. The van der Waals surface area contributed by atoms with Gasteiger partial charge in [0, 0.05) is 19.4 Å². The van der Waals surface area contributed by atoms with Crippen LogP contribution in [0.3, 0.4) is 0 Å². The monoisotopic (exact) mass is 299 g/mol. The molecule has 0 unspecified atom stereocenters. The fraction of sp³-hybridized carbons (Fsp3) is 0.857. The molecule has 6 heteroatoms. The van der Waals surface area contributed by atoms with E-state index in [2.05, 4.69) is 33.9 Å². The second kappa shape index (κ2) is 4.56. The van der Waals surface area contributed by atoms with Crippen molar-refractivity contribution in [2.24, 2.45) is 0 Å². The highest BCUT2D eigenvalue weighted by Crippen LogP contribution is 2.44. The Bertz CT molecular complexity index is 443. The molecule has 0 aromatic heterocycles. The molecule has 2 atom stereocenters. The van der Waals surface area contributed by atoms with Gasteiger partial charge in [-0.15, -0.1) is 0 Å². The molecule has 2 aliphatic rings. The molecule has 1 amide bonds. The Morgan fingerprint density at radius 2 is 2.05 bits per heavy atom. The first-order valence-corrected chi connectivity index (χ1v) is 10.1. The van der Waals surface area contributed by atoms with Gasteiger partial charge in [0.25, 0.3) is 0 Å². The van der Waals surface area contributed by atoms with Crippen LogP contribution in [-0.4, -0.2) is 48.4 Å². The first kappa shape index (κ1) is 15.5. The van der Waals surface area contributed by atoms with Gasteiger partial charge in [-0.1, -0.05) is 20.8 Å². The van der Waals surface area contributed by atoms with Gasteiger partial charge in [0.2, 0.25) is 5.91 Å². The van der Waals surface area contributed by atoms with Gasteiger partial charge in [0.1, 0.15) is 5.54 Å². The van der Waals surface area contributed by atoms with E-state index in [1.54, 1.807) is 0 Å². The lowest BCUT2D eigenvalue weighted by Crippen LogP contribution is -2.47. The number of carbonyl (C=O) groups excluding carboxylic acids is 1. The molecule has 0 saturated carbocycles. The molecule has 0 bridgehead atoms. The number of hydrogen-bond acceptors (Lipinski definition) is 3. The van der Waals surface area contributed by atoms with Gasteiger partial charge in [-0.2, -0.15) is 0 Å². The number of fused-ring (bicyclic) bond motifs is 1. The van der Waals surface area contributed by atoms with E-state index in [1.165, 1.54) is 4.90 Å². The number of carboxylic acid groups (broad SMARTS) is 1. The third-order valence-electron chi connectivity index (χ3n) is 5.19. The summed E-state index contributed by atoms with van der Waals surface area (Å²) in [6.07, 6.45) is 1.05. The van der Waals surface area contributed by atoms with Crippen molar-refractivity contribution in [1.29, 1.82) is 0 Å². The smallest absolute Gasteiger partial charge is 0.329 e. The molecule has 5 nitrogen and oxygen atoms in total. The van der Waals surface area contributed by atoms with Crippen molar-refractivity contribution in [3.63, 3.8) is 0 Å². The zero-order chi connectivity index (χ0) is 15.3. The zero-order valence-electron chi connectivity index (χ0n) is 13.0. The van der Waals surface area contributed by atoms with Crippen molar-refractivity contribution in [2.45, 2.75) is 69.8 Å². The number of nitrogens with zero attached hydrogens (tertiary/aromatic N) is 1. The third kappa shape index (κ3) is 2.28. The van der Waals surface area contributed by atoms with Gasteiger partial charge in [0.05, 0.1) is 6.10 Å². The first-order chi connectivity index (χ1) is 8.99. The Balaban J connectivity index is 2.16. The van der Waals surface area contributed by atoms with Crippen molar-refractivity contribution >= 4 is 20.2 Å². The summed E-state index contributed by atoms with van der Waals surface area (Å²) < 4.78 is 6.30. The number of amides is 1. The molecule has 0 aromatic carbocycles. The van der Waals surface area contributed by atoms with Gasteiger partial charge >= 0.3 is 5.97 Å². The van der Waals surface area contributed by atoms with E-state index in [4.69, 9.17) is 4.43 Å². The van der Waals surface area contributed by atoms with E-state index in [-0.39, 0.29) is 17.0 Å². The topological polar surface area (TPSA) is 66.8 Å². The van der Waals surface area contributed by atoms with Crippen LogP contribution < -0.4 is 0 Å². The quantitative estimate of drug-likeness (QED) is 0.812. The molecular weight excluding hydrogens is 274 g/mol. The van der Waals surface area contributed by atoms with Crippen molar-refractivity contribution < 1.29 is 19.1 Å². The van der Waals surface area contributed by atoms with Crippen LogP contribution in [0.15, 0.2) is 0 Å². The fourth-order valence-corrected chi connectivity index (χ4v) is 4.28. The maximum absolute atomic E-state index is 11.9. The third-order valence-corrected chi connectivity index (χ3v) is 9.72. The van der Waals surface area contributed by atoms with Crippen LogP contribution in [-0.2, 0) is 14.0 Å². The van der Waals surface area contributed by atoms with Gasteiger partial charge in [-0.25, -0.2) is 4.79 Å². The van der Waals surface area contributed by atoms with E-state index in [1.807, 2.05) is 0 Å². The van der Waals surface area contributed by atoms with E-state index in [0.717, 1.165) is 0 Å². The summed E-state index contributed by atoms with van der Waals surface area (Å²) in [5.41, 5.74) is -1.01. The second-order valence-electron chi connectivity index (χ2n) is 7.55. The number of rotatable bonds is 3. The Labute approximate surface area is 121 Å². The molecule has 114 valence electrons. The molecule has 2 aliphatic heterocycles. The van der Waals surface area contributed by atoms with Crippen LogP contribution in [0.25, 0.3) is 0 Å². The SMILES string of the molecule is CC(C)(C)[Si](C)(C)O[C@@H]1CN2C(=O)CC[C@]2(C(=O)O)C1. The van der Waals surface area contributed by atoms with Crippen molar-refractivity contribution in [3.05, 3.63) is 0 Å². The lowest BCUT2D eigenvalue weighted by molar-refractivity contribution is -0.151. The molecule has 0 aliphatic carbocycles. The number of aliphatic carboxylic acids is 1. The van der Waals surface area contributed by atoms with Crippen LogP contribution in [0.1, 0.15) is 40.0 Å². The Morgan fingerprint density at radius 3 is 2.50 bits per heavy atom. The molecule has 20 heavy (non-hydrogen) atoms. The molecule has 2 saturated heterocycles. The molecule has 2 fully saturated rings. The maximum Gasteiger partial charge on any atom is 0.329 e. The minimum absolute atomic E-state index is 0.0475. The predicted octanol–water partition coefficient (Wildman–Crippen LogP) is 2.23. The first-order valence-electron chi connectivity index (χ1n) is 7.21. The molecule has 0 spiro atoms. The van der Waals surface area contributed by atoms with E-state index < -0.39 is 19.8 Å². The second-order valence-corrected chi connectivity index (χ2v) is 12.3. The molecular formula is C14H25NO4Si. The van der Waals surface area contributed by atoms with E-state index >= 15 is 0 Å². The van der Waals surface area contributed by atoms with E-state index in [0.29, 0.717) is 25.8 Å². The summed E-state index contributed by atoms with van der Waals surface area (Å²) in [6, 6.07) is 0. The van der Waals surface area contributed by atoms with Crippen LogP contribution in [0, 0.1) is 0 Å². The number of hydrogen-bond donors (Lipinski definition) is 1. The van der Waals surface area contributed by atoms with Crippen LogP contribution in [0.4, 0.5) is 0 Å². The molecule has 0 aromatic rings. The maximum atomic E-state index is 11.9. The summed E-state index contributed by atoms with van der Waals surface area (Å²) in [5, 5.41) is 9.61. The van der Waals surface area contributed by atoms with Gasteiger partial charge in [-0.3, -0.25) is 4.79 Å². The molecule has 2 rings (SSSR count). The molecule has 0 radical (unpaired) electrons. The average Bonchev–Trinajstić information content (AvgIpc) is 2.76. The summed E-state index contributed by atoms with van der Waals surface area (Å²) in [5.74, 6) is -0.932. The van der Waals surface area contributed by atoms with Crippen LogP contribution in [0.5, 0.6) is 0 Å². The highest BCUT2D eigenvalue weighted by Gasteiger charge is 2.58. The Hall–Kier alpha value is -0.883. The standard InChI is InChI=1S/C14H25NO4Si/c1-13(2,3)20(4,5)19-10-8-14(12(17)18)7-6-11(16)15(14)9-10/h10H,6-9H2,1-5H3,(H,17,18)/t10-,14+/m0/s1. The number of carboxylic acids is 1. The normalized spacial score (nSPS) is 30.8. The lowest BCUT2D eigenvalue weighted by atomic mass is 9.94. The van der Waals surface area contributed by atoms with Gasteiger partial charge in [-0.05, 0) is 24.6 Å². The molecule has 1 N–H and O–H groups in total. The summed E-state index contributed by atoms with van der Waals surface area (Å²) in [4.78, 5) is 25.0. The fourth-order valence-electron chi connectivity index (χ4n) is 2.94. The largest absolute Gasteiger partial charge is 0.479 e. The lowest BCUT2D eigenvalue weighted by Gasteiger charge is -2.38. The Kier molecular flexibility index (Phi) is 3.54. The Morgan fingerprint density at radius 1 is 1.45 bits per heavy atom. The van der Waals surface area contributed by atoms with Crippen molar-refractivity contribution in [2.75, 3.05) is 6.54 Å². The average molecular weight is 299 g/mol. The zero-order valence-corrected chi connectivity index (χ0v) is 14.0. The highest BCUT2D eigenvalue weighted by atomic mass is 28.4. The minimum Gasteiger partial charge on any atom is -0.479 e. The van der Waals surface area contributed by atoms with Crippen molar-refractivity contribution in [1.82, 2.24) is 4.90 Å². The van der Waals surface area contributed by atoms with Crippen LogP contribution >= 0.6 is 0 Å². The highest BCUT2D eigenvalue weighted by molar-refractivity contribution is 6.74. The van der Waals surface area contributed by atoms with Gasteiger partial charge < -0.3 is 14.4 Å². The summed E-state index contributed by atoms with van der Waals surface area (Å²) in [7, 11) is -1.94. The van der Waals surface area contributed by atoms with Gasteiger partial charge in [0.15, 0.2) is 8.32 Å². The van der Waals surface area contributed by atoms with Crippen molar-refractivity contribution in [3.8, 4) is 0 Å². The van der Waals surface area contributed by atoms with Crippen LogP contribution in [0.2, 0.25) is 18.1 Å². The van der Waals surface area contributed by atoms with E-state index in [9.17, 15) is 14.7 Å². The predicted molar refractivity (Wildman–Crippen MR) is 78.0 cm³/mol. The summed E-state index contributed by atoms with van der Waals surface area (Å²) in [6.45, 7) is 11.2. The minimum atomic E-state index is -1.94. The molecule has 2 heterocycles.